The van der Waals surface area contributed by atoms with Crippen LogP contribution in [0.3, 0.4) is 0 Å². The van der Waals surface area contributed by atoms with Crippen molar-refractivity contribution in [2.45, 2.75) is 26.7 Å². The van der Waals surface area contributed by atoms with E-state index in [9.17, 15) is 0 Å². The Bertz CT molecular complexity index is 50.9. The molecule has 0 saturated heterocycles. The van der Waals surface area contributed by atoms with Gasteiger partial charge in [-0.3, -0.25) is 0 Å². The highest BCUT2D eigenvalue weighted by molar-refractivity contribution is 4.23. The molecule has 0 bridgehead atoms. The summed E-state index contributed by atoms with van der Waals surface area (Å²) in [6.07, 6.45) is 2.33. The van der Waals surface area contributed by atoms with Crippen molar-refractivity contribution in [1.82, 2.24) is 0 Å². The highest BCUT2D eigenvalue weighted by Crippen LogP contribution is 1.67. The van der Waals surface area contributed by atoms with Crippen molar-refractivity contribution in [2.24, 2.45) is 0 Å². The number of hydrogen-bond donors (Lipinski definition) is 2. The van der Waals surface area contributed by atoms with E-state index < -0.39 is 0 Å². The van der Waals surface area contributed by atoms with Crippen molar-refractivity contribution in [2.75, 3.05) is 19.8 Å². The van der Waals surface area contributed by atoms with Crippen molar-refractivity contribution in [1.29, 1.82) is 0 Å². The van der Waals surface area contributed by atoms with Gasteiger partial charge in [-0.2, -0.15) is 0 Å². The van der Waals surface area contributed by atoms with E-state index >= 15 is 0 Å². The van der Waals surface area contributed by atoms with Crippen LogP contribution in [0, 0.1) is 0 Å². The zero-order valence-electron chi connectivity index (χ0n) is 6.48. The van der Waals surface area contributed by atoms with Gasteiger partial charge in [-0.1, -0.05) is 13.8 Å². The van der Waals surface area contributed by atoms with Crippen molar-refractivity contribution in [3.63, 3.8) is 0 Å². The number of rotatable bonds is 5. The van der Waals surface area contributed by atoms with Gasteiger partial charge in [0.2, 0.25) is 0 Å². The summed E-state index contributed by atoms with van der Waals surface area (Å²) in [5.41, 5.74) is 0. The number of quaternary nitrogens is 1. The molecule has 0 fully saturated rings. The quantitative estimate of drug-likeness (QED) is 0.491. The molecule has 56 valence electrons. The minimum Gasteiger partial charge on any atom is -0.347 e. The molecule has 0 radical (unpaired) electrons. The van der Waals surface area contributed by atoms with Crippen LogP contribution >= 0.6 is 0 Å². The smallest absolute Gasteiger partial charge is 0.178 e. The van der Waals surface area contributed by atoms with Crippen LogP contribution in [-0.4, -0.2) is 24.9 Å². The Balaban J connectivity index is 3.18. The SMILES string of the molecule is CCC[NH+](CO)CCC. The van der Waals surface area contributed by atoms with Crippen LogP contribution in [0.2, 0.25) is 0 Å². The molecular formula is C7H18NO+. The summed E-state index contributed by atoms with van der Waals surface area (Å²) in [7, 11) is 0. The summed E-state index contributed by atoms with van der Waals surface area (Å²) >= 11 is 0. The highest BCUT2D eigenvalue weighted by Gasteiger charge is 2.00. The summed E-state index contributed by atoms with van der Waals surface area (Å²) in [5.74, 6) is 0. The molecular weight excluding hydrogens is 114 g/mol. The highest BCUT2D eigenvalue weighted by atomic mass is 16.3. The minimum atomic E-state index is 0.293. The van der Waals surface area contributed by atoms with Crippen molar-refractivity contribution in [3.8, 4) is 0 Å². The Morgan fingerprint density at radius 3 is 1.78 bits per heavy atom. The summed E-state index contributed by atoms with van der Waals surface area (Å²) in [4.78, 5) is 1.31. The summed E-state index contributed by atoms with van der Waals surface area (Å²) in [6, 6.07) is 0. The molecule has 0 aromatic rings. The van der Waals surface area contributed by atoms with Gasteiger partial charge >= 0.3 is 0 Å². The molecule has 0 atom stereocenters. The molecule has 0 rings (SSSR count). The van der Waals surface area contributed by atoms with Gasteiger partial charge in [0.05, 0.1) is 13.1 Å². The maximum atomic E-state index is 8.75. The van der Waals surface area contributed by atoms with E-state index in [1.165, 1.54) is 4.90 Å². The lowest BCUT2D eigenvalue weighted by Gasteiger charge is -2.13. The third-order valence-corrected chi connectivity index (χ3v) is 1.43. The number of aliphatic hydroxyl groups is 1. The van der Waals surface area contributed by atoms with Crippen LogP contribution < -0.4 is 4.90 Å². The van der Waals surface area contributed by atoms with Gasteiger partial charge in [0.15, 0.2) is 6.73 Å². The van der Waals surface area contributed by atoms with E-state index in [1.807, 2.05) is 0 Å². The Morgan fingerprint density at radius 2 is 1.56 bits per heavy atom. The topological polar surface area (TPSA) is 24.7 Å². The summed E-state index contributed by atoms with van der Waals surface area (Å²) < 4.78 is 0. The van der Waals surface area contributed by atoms with E-state index in [4.69, 9.17) is 5.11 Å². The van der Waals surface area contributed by atoms with Gasteiger partial charge in [0.25, 0.3) is 0 Å². The second-order valence-corrected chi connectivity index (χ2v) is 2.41. The monoisotopic (exact) mass is 132 g/mol. The standard InChI is InChI=1S/C7H17NO/c1-3-5-8(7-9)6-4-2/h9H,3-7H2,1-2H3/p+1. The Kier molecular flexibility index (Phi) is 5.99. The van der Waals surface area contributed by atoms with Crippen molar-refractivity contribution >= 4 is 0 Å². The maximum absolute atomic E-state index is 8.75. The molecule has 9 heavy (non-hydrogen) atoms. The Labute approximate surface area is 57.5 Å². The lowest BCUT2D eigenvalue weighted by Crippen LogP contribution is -3.12. The Morgan fingerprint density at radius 1 is 1.11 bits per heavy atom. The first-order valence-electron chi connectivity index (χ1n) is 3.79. The second-order valence-electron chi connectivity index (χ2n) is 2.41. The van der Waals surface area contributed by atoms with Crippen LogP contribution in [0.4, 0.5) is 0 Å². The van der Waals surface area contributed by atoms with Gasteiger partial charge in [-0.15, -0.1) is 0 Å². The van der Waals surface area contributed by atoms with Gasteiger partial charge in [0, 0.05) is 0 Å². The first kappa shape index (κ1) is 8.92. The third-order valence-electron chi connectivity index (χ3n) is 1.43. The molecule has 2 N–H and O–H groups in total. The molecule has 0 unspecified atom stereocenters. The van der Waals surface area contributed by atoms with Crippen molar-refractivity contribution in [3.05, 3.63) is 0 Å². The fraction of sp³-hybridized carbons (Fsp3) is 1.00. The molecule has 0 aromatic heterocycles. The van der Waals surface area contributed by atoms with Gasteiger partial charge < -0.3 is 10.0 Å². The first-order chi connectivity index (χ1) is 4.35. The molecule has 0 aliphatic heterocycles. The predicted molar refractivity (Wildman–Crippen MR) is 38.4 cm³/mol. The lowest BCUT2D eigenvalue weighted by atomic mass is 10.4. The van der Waals surface area contributed by atoms with Gasteiger partial charge in [0.1, 0.15) is 0 Å². The third kappa shape index (κ3) is 4.43. The molecule has 0 aromatic carbocycles. The average Bonchev–Trinajstić information content (AvgIpc) is 1.88. The van der Waals surface area contributed by atoms with E-state index in [1.54, 1.807) is 0 Å². The minimum absolute atomic E-state index is 0.293. The zero-order valence-corrected chi connectivity index (χ0v) is 6.48. The second kappa shape index (κ2) is 6.05. The van der Waals surface area contributed by atoms with Crippen molar-refractivity contribution < 1.29 is 10.0 Å². The molecule has 0 aliphatic carbocycles. The first-order valence-corrected chi connectivity index (χ1v) is 3.79. The fourth-order valence-corrected chi connectivity index (χ4v) is 0.990. The van der Waals surface area contributed by atoms with Crippen LogP contribution in [0.15, 0.2) is 0 Å². The van der Waals surface area contributed by atoms with Gasteiger partial charge in [-0.25, -0.2) is 0 Å². The van der Waals surface area contributed by atoms with Crippen LogP contribution in [0.5, 0.6) is 0 Å². The Hall–Kier alpha value is -0.0800. The summed E-state index contributed by atoms with van der Waals surface area (Å²) in [6.45, 7) is 6.78. The lowest BCUT2D eigenvalue weighted by molar-refractivity contribution is -0.919. The van der Waals surface area contributed by atoms with Crippen LogP contribution in [0.25, 0.3) is 0 Å². The fourth-order valence-electron chi connectivity index (χ4n) is 0.990. The number of nitrogens with one attached hydrogen (secondary N) is 1. The van der Waals surface area contributed by atoms with E-state index in [0.29, 0.717) is 6.73 Å². The maximum Gasteiger partial charge on any atom is 0.178 e. The van der Waals surface area contributed by atoms with E-state index in [-0.39, 0.29) is 0 Å². The van der Waals surface area contributed by atoms with Crippen LogP contribution in [-0.2, 0) is 0 Å². The molecule has 0 saturated carbocycles. The van der Waals surface area contributed by atoms with Crippen LogP contribution in [0.1, 0.15) is 26.7 Å². The van der Waals surface area contributed by atoms with E-state index in [2.05, 4.69) is 13.8 Å². The normalized spacial score (nSPS) is 10.7. The van der Waals surface area contributed by atoms with Gasteiger partial charge in [-0.05, 0) is 12.8 Å². The number of hydrogen-bond acceptors (Lipinski definition) is 1. The molecule has 2 nitrogen and oxygen atoms in total. The average molecular weight is 132 g/mol. The predicted octanol–water partition coefficient (Wildman–Crippen LogP) is -0.359. The molecule has 0 spiro atoms. The molecule has 2 heteroatoms. The molecule has 0 heterocycles. The zero-order chi connectivity index (χ0) is 7.11. The number of aliphatic hydroxyl groups excluding tert-OH is 1. The molecule has 0 aliphatic rings. The van der Waals surface area contributed by atoms with E-state index in [0.717, 1.165) is 25.9 Å². The largest absolute Gasteiger partial charge is 0.347 e. The summed E-state index contributed by atoms with van der Waals surface area (Å²) in [5, 5.41) is 8.75. The molecule has 0 amide bonds.